The van der Waals surface area contributed by atoms with Crippen molar-refractivity contribution in [1.29, 1.82) is 0 Å². The van der Waals surface area contributed by atoms with Crippen LogP contribution in [0.25, 0.3) is 11.4 Å². The molecule has 0 saturated carbocycles. The highest BCUT2D eigenvalue weighted by Crippen LogP contribution is 2.27. The Balaban J connectivity index is 1.74. The molecule has 0 aliphatic rings. The average Bonchev–Trinajstić information content (AvgIpc) is 3.09. The van der Waals surface area contributed by atoms with Crippen LogP contribution in [0.1, 0.15) is 22.8 Å². The molecule has 0 N–H and O–H groups in total. The van der Waals surface area contributed by atoms with Crippen LogP contribution in [0.15, 0.2) is 53.7 Å². The first-order valence-corrected chi connectivity index (χ1v) is 9.48. The molecule has 0 fully saturated rings. The summed E-state index contributed by atoms with van der Waals surface area (Å²) in [6.45, 7) is 2.84. The molecule has 26 heavy (non-hydrogen) atoms. The molecule has 3 aromatic rings. The first-order chi connectivity index (χ1) is 12.6. The fraction of sp³-hybridized carbons (Fsp3) is 0.211. The second-order valence-electron chi connectivity index (χ2n) is 5.53. The molecule has 0 radical (unpaired) electrons. The number of hydrogen-bond acceptors (Lipinski definition) is 5. The zero-order valence-corrected chi connectivity index (χ0v) is 16.0. The zero-order chi connectivity index (χ0) is 18.5. The van der Waals surface area contributed by atoms with Crippen LogP contribution in [-0.2, 0) is 17.0 Å². The predicted molar refractivity (Wildman–Crippen MR) is 103 cm³/mol. The largest absolute Gasteiger partial charge is 0.465 e. The van der Waals surface area contributed by atoms with E-state index in [9.17, 15) is 4.79 Å². The highest BCUT2D eigenvalue weighted by atomic mass is 35.5. The molecular weight excluding hydrogens is 370 g/mol. The fourth-order valence-electron chi connectivity index (χ4n) is 2.50. The summed E-state index contributed by atoms with van der Waals surface area (Å²) in [5.74, 6) is 1.23. The van der Waals surface area contributed by atoms with Gasteiger partial charge in [0.2, 0.25) is 0 Å². The molecule has 3 rings (SSSR count). The van der Waals surface area contributed by atoms with Gasteiger partial charge in [0.1, 0.15) is 0 Å². The van der Waals surface area contributed by atoms with Gasteiger partial charge >= 0.3 is 5.97 Å². The van der Waals surface area contributed by atoms with Crippen molar-refractivity contribution >= 4 is 29.3 Å². The van der Waals surface area contributed by atoms with Crippen molar-refractivity contribution in [3.8, 4) is 11.4 Å². The second kappa shape index (κ2) is 8.38. The van der Waals surface area contributed by atoms with Crippen LogP contribution in [0.4, 0.5) is 0 Å². The Labute approximate surface area is 161 Å². The maximum atomic E-state index is 11.5. The Morgan fingerprint density at radius 1 is 1.12 bits per heavy atom. The molecule has 1 aromatic heterocycles. The highest BCUT2D eigenvalue weighted by Gasteiger charge is 2.13. The quantitative estimate of drug-likeness (QED) is 0.453. The number of methoxy groups -OCH3 is 1. The summed E-state index contributed by atoms with van der Waals surface area (Å²) in [5, 5.41) is 10.2. The van der Waals surface area contributed by atoms with Gasteiger partial charge in [-0.05, 0) is 48.9 Å². The Hall–Kier alpha value is -2.31. The van der Waals surface area contributed by atoms with Crippen molar-refractivity contribution in [3.05, 3.63) is 64.7 Å². The van der Waals surface area contributed by atoms with E-state index < -0.39 is 0 Å². The Morgan fingerprint density at radius 3 is 2.42 bits per heavy atom. The number of halogens is 1. The zero-order valence-electron chi connectivity index (χ0n) is 14.5. The standard InChI is InChI=1S/C19H18ClN3O2S/c1-3-23-17(14-8-10-16(20)11-9-14)21-22-19(23)26-12-13-4-6-15(7-5-13)18(24)25-2/h4-11H,3,12H2,1-2H3. The molecule has 134 valence electrons. The van der Waals surface area contributed by atoms with Crippen molar-refractivity contribution in [2.45, 2.75) is 24.4 Å². The molecule has 0 aliphatic heterocycles. The average molecular weight is 388 g/mol. The SMILES string of the molecule is CCn1c(SCc2ccc(C(=O)OC)cc2)nnc1-c1ccc(Cl)cc1. The number of hydrogen-bond donors (Lipinski definition) is 0. The van der Waals surface area contributed by atoms with E-state index in [1.807, 2.05) is 36.4 Å². The van der Waals surface area contributed by atoms with Gasteiger partial charge in [-0.15, -0.1) is 10.2 Å². The maximum Gasteiger partial charge on any atom is 0.337 e. The van der Waals surface area contributed by atoms with E-state index >= 15 is 0 Å². The van der Waals surface area contributed by atoms with Crippen molar-refractivity contribution in [2.24, 2.45) is 0 Å². The van der Waals surface area contributed by atoms with Crippen molar-refractivity contribution < 1.29 is 9.53 Å². The molecule has 1 heterocycles. The molecule has 0 atom stereocenters. The Bertz CT molecular complexity index is 892. The maximum absolute atomic E-state index is 11.5. The Morgan fingerprint density at radius 2 is 1.81 bits per heavy atom. The fourth-order valence-corrected chi connectivity index (χ4v) is 3.58. The first kappa shape index (κ1) is 18.5. The summed E-state index contributed by atoms with van der Waals surface area (Å²) in [6.07, 6.45) is 0. The van der Waals surface area contributed by atoms with E-state index in [0.717, 1.165) is 34.4 Å². The topological polar surface area (TPSA) is 57.0 Å². The van der Waals surface area contributed by atoms with Crippen molar-refractivity contribution in [1.82, 2.24) is 14.8 Å². The lowest BCUT2D eigenvalue weighted by atomic mass is 10.1. The molecule has 5 nitrogen and oxygen atoms in total. The van der Waals surface area contributed by atoms with Crippen LogP contribution < -0.4 is 0 Å². The normalized spacial score (nSPS) is 10.7. The lowest BCUT2D eigenvalue weighted by Gasteiger charge is -2.08. The van der Waals surface area contributed by atoms with Gasteiger partial charge in [0.25, 0.3) is 0 Å². The van der Waals surface area contributed by atoms with E-state index in [1.165, 1.54) is 7.11 Å². The smallest absolute Gasteiger partial charge is 0.337 e. The minimum absolute atomic E-state index is 0.331. The lowest BCUT2D eigenvalue weighted by molar-refractivity contribution is 0.0600. The van der Waals surface area contributed by atoms with Crippen LogP contribution in [0.3, 0.4) is 0 Å². The minimum atomic E-state index is -0.331. The molecule has 0 saturated heterocycles. The monoisotopic (exact) mass is 387 g/mol. The van der Waals surface area contributed by atoms with E-state index in [2.05, 4.69) is 21.7 Å². The number of thioether (sulfide) groups is 1. The number of ether oxygens (including phenoxy) is 1. The van der Waals surface area contributed by atoms with E-state index in [1.54, 1.807) is 23.9 Å². The molecule has 7 heteroatoms. The molecule has 0 spiro atoms. The third-order valence-corrected chi connectivity index (χ3v) is 5.17. The molecular formula is C19H18ClN3O2S. The highest BCUT2D eigenvalue weighted by molar-refractivity contribution is 7.98. The number of aromatic nitrogens is 3. The van der Waals surface area contributed by atoms with E-state index in [0.29, 0.717) is 10.6 Å². The number of nitrogens with zero attached hydrogens (tertiary/aromatic N) is 3. The van der Waals surface area contributed by atoms with Gasteiger partial charge in [-0.1, -0.05) is 35.5 Å². The number of carbonyl (C=O) groups is 1. The number of rotatable bonds is 6. The molecule has 2 aromatic carbocycles. The summed E-state index contributed by atoms with van der Waals surface area (Å²) < 4.78 is 6.79. The van der Waals surface area contributed by atoms with Crippen molar-refractivity contribution in [3.63, 3.8) is 0 Å². The third-order valence-electron chi connectivity index (χ3n) is 3.88. The second-order valence-corrected chi connectivity index (χ2v) is 6.91. The molecule has 0 bridgehead atoms. The van der Waals surface area contributed by atoms with Gasteiger partial charge in [-0.3, -0.25) is 0 Å². The summed E-state index contributed by atoms with van der Waals surface area (Å²) in [4.78, 5) is 11.5. The molecule has 0 unspecified atom stereocenters. The van der Waals surface area contributed by atoms with Gasteiger partial charge in [0.05, 0.1) is 12.7 Å². The van der Waals surface area contributed by atoms with Crippen LogP contribution >= 0.6 is 23.4 Å². The summed E-state index contributed by atoms with van der Waals surface area (Å²) >= 11 is 7.57. The van der Waals surface area contributed by atoms with Crippen LogP contribution in [0.2, 0.25) is 5.02 Å². The van der Waals surface area contributed by atoms with E-state index in [-0.39, 0.29) is 5.97 Å². The minimum Gasteiger partial charge on any atom is -0.465 e. The van der Waals surface area contributed by atoms with Crippen LogP contribution in [0.5, 0.6) is 0 Å². The van der Waals surface area contributed by atoms with Gasteiger partial charge in [0, 0.05) is 22.9 Å². The summed E-state index contributed by atoms with van der Waals surface area (Å²) in [6, 6.07) is 15.0. The van der Waals surface area contributed by atoms with Gasteiger partial charge in [-0.2, -0.15) is 0 Å². The van der Waals surface area contributed by atoms with Gasteiger partial charge < -0.3 is 9.30 Å². The van der Waals surface area contributed by atoms with Crippen LogP contribution in [0, 0.1) is 0 Å². The first-order valence-electron chi connectivity index (χ1n) is 8.11. The van der Waals surface area contributed by atoms with E-state index in [4.69, 9.17) is 16.3 Å². The Kier molecular flexibility index (Phi) is 5.96. The summed E-state index contributed by atoms with van der Waals surface area (Å²) in [7, 11) is 1.38. The van der Waals surface area contributed by atoms with Crippen LogP contribution in [-0.4, -0.2) is 27.8 Å². The number of esters is 1. The lowest BCUT2D eigenvalue weighted by Crippen LogP contribution is -2.01. The predicted octanol–water partition coefficient (Wildman–Crippen LogP) is 4.70. The van der Waals surface area contributed by atoms with Crippen molar-refractivity contribution in [2.75, 3.05) is 7.11 Å². The number of benzene rings is 2. The van der Waals surface area contributed by atoms with Gasteiger partial charge in [0.15, 0.2) is 11.0 Å². The number of carbonyl (C=O) groups excluding carboxylic acids is 1. The third kappa shape index (κ3) is 4.08. The summed E-state index contributed by atoms with van der Waals surface area (Å²) in [5.41, 5.74) is 2.63. The van der Waals surface area contributed by atoms with Gasteiger partial charge in [-0.25, -0.2) is 4.79 Å². The molecule has 0 amide bonds. The molecule has 0 aliphatic carbocycles.